The normalized spacial score (nSPS) is 54.9. The third kappa shape index (κ3) is 3.75. The fraction of sp³-hybridized carbons (Fsp3) is 0.926. The standard InChI is InChI=1S/C27H46O6/c1-14(16(3)28)6-7-15(2)17-12-19(30)24-25(17,4)11-9-21-26(5)10-8-18(29)23(32)22(26)20(31)13-27(21,24)33/h6-7,14-24,28-33H,8-13H2,1-5H3/b7-6+/t14?,15-,16-,17-,18+,19?,20?,21-,22?,23+,24?,25-,26-,27+/m1/s1. The van der Waals surface area contributed by atoms with Crippen molar-refractivity contribution in [3.05, 3.63) is 12.2 Å². The molecule has 0 amide bonds. The Hall–Kier alpha value is -0.500. The molecule has 0 aliphatic heterocycles. The summed E-state index contributed by atoms with van der Waals surface area (Å²) >= 11 is 0. The highest BCUT2D eigenvalue weighted by Gasteiger charge is 2.71. The molecule has 4 aliphatic rings. The number of hydrogen-bond donors (Lipinski definition) is 6. The van der Waals surface area contributed by atoms with E-state index >= 15 is 0 Å². The van der Waals surface area contributed by atoms with Crippen LogP contribution in [0.1, 0.15) is 73.1 Å². The van der Waals surface area contributed by atoms with Gasteiger partial charge in [0.2, 0.25) is 0 Å². The van der Waals surface area contributed by atoms with E-state index in [0.717, 1.165) is 12.8 Å². The minimum Gasteiger partial charge on any atom is -0.393 e. The van der Waals surface area contributed by atoms with E-state index in [1.807, 2.05) is 6.92 Å². The van der Waals surface area contributed by atoms with Crippen LogP contribution in [0.25, 0.3) is 0 Å². The molecule has 5 unspecified atom stereocenters. The van der Waals surface area contributed by atoms with Crippen LogP contribution < -0.4 is 0 Å². The second kappa shape index (κ2) is 8.56. The van der Waals surface area contributed by atoms with Crippen molar-refractivity contribution in [2.75, 3.05) is 0 Å². The lowest BCUT2D eigenvalue weighted by Gasteiger charge is -2.66. The number of aliphatic hydroxyl groups is 6. The first-order valence-corrected chi connectivity index (χ1v) is 13.1. The van der Waals surface area contributed by atoms with Crippen molar-refractivity contribution in [1.29, 1.82) is 0 Å². The Kier molecular flexibility index (Phi) is 6.64. The van der Waals surface area contributed by atoms with E-state index in [1.165, 1.54) is 0 Å². The number of hydrogen-bond acceptors (Lipinski definition) is 6. The van der Waals surface area contributed by atoms with Crippen LogP contribution in [0.15, 0.2) is 12.2 Å². The first-order chi connectivity index (χ1) is 15.3. The van der Waals surface area contributed by atoms with Crippen LogP contribution in [0.4, 0.5) is 0 Å². The average Bonchev–Trinajstić information content (AvgIpc) is 3.00. The SMILES string of the molecule is CC(/C=C/[C@@H](C)[C@H]1CC(O)C2[C@]1(C)CC[C@@H]1[C@@]3(C)CC[C@H](O)[C@H](O)C3C(O)C[C@@]21O)[C@@H](C)O. The third-order valence-corrected chi connectivity index (χ3v) is 10.9. The Morgan fingerprint density at radius 1 is 0.848 bits per heavy atom. The van der Waals surface area contributed by atoms with Crippen LogP contribution in [0.2, 0.25) is 0 Å². The third-order valence-electron chi connectivity index (χ3n) is 10.9. The maximum Gasteiger partial charge on any atom is 0.0857 e. The van der Waals surface area contributed by atoms with Gasteiger partial charge < -0.3 is 30.6 Å². The molecule has 4 saturated carbocycles. The topological polar surface area (TPSA) is 121 Å². The van der Waals surface area contributed by atoms with Crippen molar-refractivity contribution in [2.45, 2.75) is 109 Å². The van der Waals surface area contributed by atoms with Crippen LogP contribution >= 0.6 is 0 Å². The molecule has 4 rings (SSSR count). The summed E-state index contributed by atoms with van der Waals surface area (Å²) in [5.74, 6) is -0.487. The average molecular weight is 467 g/mol. The summed E-state index contributed by atoms with van der Waals surface area (Å²) in [7, 11) is 0. The van der Waals surface area contributed by atoms with Gasteiger partial charge in [-0.3, -0.25) is 0 Å². The molecular weight excluding hydrogens is 420 g/mol. The van der Waals surface area contributed by atoms with E-state index < -0.39 is 47.5 Å². The highest BCUT2D eigenvalue weighted by Crippen LogP contribution is 2.69. The van der Waals surface area contributed by atoms with E-state index in [9.17, 15) is 30.6 Å². The van der Waals surface area contributed by atoms with Gasteiger partial charge in [-0.1, -0.05) is 39.8 Å². The van der Waals surface area contributed by atoms with Crippen LogP contribution in [-0.4, -0.2) is 66.8 Å². The van der Waals surface area contributed by atoms with Gasteiger partial charge in [-0.2, -0.15) is 0 Å². The first kappa shape index (κ1) is 25.6. The van der Waals surface area contributed by atoms with Gasteiger partial charge >= 0.3 is 0 Å². The van der Waals surface area contributed by atoms with Crippen LogP contribution in [0.5, 0.6) is 0 Å². The summed E-state index contributed by atoms with van der Waals surface area (Å²) < 4.78 is 0. The maximum absolute atomic E-state index is 12.3. The minimum atomic E-state index is -1.20. The molecule has 14 atom stereocenters. The Labute approximate surface area is 198 Å². The van der Waals surface area contributed by atoms with Crippen molar-refractivity contribution in [3.63, 3.8) is 0 Å². The van der Waals surface area contributed by atoms with Crippen molar-refractivity contribution in [1.82, 2.24) is 0 Å². The highest BCUT2D eigenvalue weighted by molar-refractivity contribution is 5.21. The summed E-state index contributed by atoms with van der Waals surface area (Å²) in [6.07, 6.45) is 3.94. The zero-order valence-electron chi connectivity index (χ0n) is 20.9. The molecule has 6 heteroatoms. The summed E-state index contributed by atoms with van der Waals surface area (Å²) in [5, 5.41) is 65.7. The molecule has 4 fully saturated rings. The zero-order chi connectivity index (χ0) is 24.5. The molecular formula is C27H46O6. The molecule has 0 aromatic rings. The summed E-state index contributed by atoms with van der Waals surface area (Å²) in [4.78, 5) is 0. The Balaban J connectivity index is 1.65. The van der Waals surface area contributed by atoms with Gasteiger partial charge in [0.25, 0.3) is 0 Å². The van der Waals surface area contributed by atoms with Gasteiger partial charge in [0.1, 0.15) is 0 Å². The molecule has 0 spiro atoms. The molecule has 0 aromatic carbocycles. The van der Waals surface area contributed by atoms with Gasteiger partial charge in [-0.25, -0.2) is 0 Å². The van der Waals surface area contributed by atoms with Crippen molar-refractivity contribution in [2.24, 2.45) is 46.3 Å². The number of fused-ring (bicyclic) bond motifs is 5. The molecule has 0 heterocycles. The molecule has 0 saturated heterocycles. The molecule has 6 nitrogen and oxygen atoms in total. The summed E-state index contributed by atoms with van der Waals surface area (Å²) in [6, 6.07) is 0. The second-order valence-corrected chi connectivity index (χ2v) is 12.7. The summed E-state index contributed by atoms with van der Waals surface area (Å²) in [5.41, 5.74) is -1.95. The lowest BCUT2D eigenvalue weighted by Crippen LogP contribution is -2.70. The monoisotopic (exact) mass is 466 g/mol. The fourth-order valence-corrected chi connectivity index (χ4v) is 9.09. The molecule has 6 N–H and O–H groups in total. The smallest absolute Gasteiger partial charge is 0.0857 e. The molecule has 0 radical (unpaired) electrons. The fourth-order valence-electron chi connectivity index (χ4n) is 9.09. The Morgan fingerprint density at radius 3 is 2.12 bits per heavy atom. The quantitative estimate of drug-likeness (QED) is 0.354. The molecule has 4 aliphatic carbocycles. The molecule has 0 bridgehead atoms. The minimum absolute atomic E-state index is 0.0563. The molecule has 33 heavy (non-hydrogen) atoms. The number of allylic oxidation sites excluding steroid dienone is 1. The van der Waals surface area contributed by atoms with Gasteiger partial charge in [0.05, 0.1) is 36.1 Å². The van der Waals surface area contributed by atoms with E-state index in [-0.39, 0.29) is 41.4 Å². The van der Waals surface area contributed by atoms with E-state index in [1.54, 1.807) is 6.92 Å². The lowest BCUT2D eigenvalue weighted by atomic mass is 9.41. The van der Waals surface area contributed by atoms with Gasteiger partial charge in [-0.05, 0) is 73.5 Å². The van der Waals surface area contributed by atoms with Crippen molar-refractivity contribution < 1.29 is 30.6 Å². The van der Waals surface area contributed by atoms with E-state index in [0.29, 0.717) is 19.3 Å². The van der Waals surface area contributed by atoms with Gasteiger partial charge in [0.15, 0.2) is 0 Å². The predicted octanol–water partition coefficient (Wildman–Crippen LogP) is 2.24. The lowest BCUT2D eigenvalue weighted by molar-refractivity contribution is -0.280. The first-order valence-electron chi connectivity index (χ1n) is 13.1. The largest absolute Gasteiger partial charge is 0.393 e. The maximum atomic E-state index is 12.3. The molecule has 0 aromatic heterocycles. The number of aliphatic hydroxyl groups excluding tert-OH is 5. The van der Waals surface area contributed by atoms with Gasteiger partial charge in [-0.15, -0.1) is 0 Å². The van der Waals surface area contributed by atoms with Crippen molar-refractivity contribution in [3.8, 4) is 0 Å². The highest BCUT2D eigenvalue weighted by atomic mass is 16.3. The second-order valence-electron chi connectivity index (χ2n) is 12.7. The Bertz CT molecular complexity index is 755. The van der Waals surface area contributed by atoms with E-state index in [2.05, 4.69) is 32.9 Å². The zero-order valence-corrected chi connectivity index (χ0v) is 20.9. The van der Waals surface area contributed by atoms with Crippen LogP contribution in [0.3, 0.4) is 0 Å². The van der Waals surface area contributed by atoms with Crippen LogP contribution in [-0.2, 0) is 0 Å². The van der Waals surface area contributed by atoms with E-state index in [4.69, 9.17) is 0 Å². The Morgan fingerprint density at radius 2 is 1.48 bits per heavy atom. The van der Waals surface area contributed by atoms with Crippen LogP contribution in [0, 0.1) is 46.3 Å². The number of rotatable bonds is 4. The summed E-state index contributed by atoms with van der Waals surface area (Å²) in [6.45, 7) is 10.2. The predicted molar refractivity (Wildman–Crippen MR) is 126 cm³/mol. The van der Waals surface area contributed by atoms with Gasteiger partial charge in [0, 0.05) is 18.3 Å². The molecule has 190 valence electrons. The van der Waals surface area contributed by atoms with Crippen molar-refractivity contribution >= 4 is 0 Å².